The van der Waals surface area contributed by atoms with Crippen molar-refractivity contribution in [2.75, 3.05) is 0 Å². The molecule has 13 heavy (non-hydrogen) atoms. The van der Waals surface area contributed by atoms with E-state index in [2.05, 4.69) is 20.9 Å². The van der Waals surface area contributed by atoms with E-state index in [9.17, 15) is 4.39 Å². The van der Waals surface area contributed by atoms with Gasteiger partial charge in [-0.25, -0.2) is 9.37 Å². The van der Waals surface area contributed by atoms with Gasteiger partial charge in [0.15, 0.2) is 5.82 Å². The van der Waals surface area contributed by atoms with Crippen LogP contribution >= 0.6 is 27.3 Å². The number of rotatable bonds is 1. The molecule has 68 valence electrons. The summed E-state index contributed by atoms with van der Waals surface area (Å²) < 4.78 is 14.6. The molecule has 0 aliphatic carbocycles. The highest BCUT2D eigenvalue weighted by Crippen LogP contribution is 2.29. The molecule has 0 unspecified atom stereocenters. The SMILES string of the molecule is CCc1nc2ccc(Br)c(F)c2s1. The van der Waals surface area contributed by atoms with Crippen molar-refractivity contribution in [3.05, 3.63) is 27.4 Å². The van der Waals surface area contributed by atoms with Crippen LogP contribution < -0.4 is 0 Å². The summed E-state index contributed by atoms with van der Waals surface area (Å²) >= 11 is 4.57. The number of aryl methyl sites for hydroxylation is 1. The molecule has 0 N–H and O–H groups in total. The van der Waals surface area contributed by atoms with Crippen LogP contribution in [0.3, 0.4) is 0 Å². The van der Waals surface area contributed by atoms with Gasteiger partial charge in [0, 0.05) is 0 Å². The predicted octanol–water partition coefficient (Wildman–Crippen LogP) is 3.76. The summed E-state index contributed by atoms with van der Waals surface area (Å²) in [4.78, 5) is 4.29. The molecule has 1 aromatic carbocycles. The third-order valence-corrected chi connectivity index (χ3v) is 3.62. The van der Waals surface area contributed by atoms with Crippen LogP contribution in [0.1, 0.15) is 11.9 Å². The molecule has 2 rings (SSSR count). The molecule has 0 spiro atoms. The summed E-state index contributed by atoms with van der Waals surface area (Å²) in [6.07, 6.45) is 0.858. The Morgan fingerprint density at radius 1 is 1.54 bits per heavy atom. The lowest BCUT2D eigenvalue weighted by Crippen LogP contribution is -1.77. The minimum atomic E-state index is -0.199. The molecule has 0 radical (unpaired) electrons. The number of hydrogen-bond acceptors (Lipinski definition) is 2. The van der Waals surface area contributed by atoms with Crippen molar-refractivity contribution in [2.45, 2.75) is 13.3 Å². The molecular formula is C9H7BrFNS. The van der Waals surface area contributed by atoms with Crippen LogP contribution in [0.25, 0.3) is 10.2 Å². The summed E-state index contributed by atoms with van der Waals surface area (Å²) in [6, 6.07) is 3.52. The molecule has 2 aromatic rings. The third kappa shape index (κ3) is 1.48. The quantitative estimate of drug-likeness (QED) is 0.760. The van der Waals surface area contributed by atoms with Gasteiger partial charge in [0.05, 0.1) is 19.7 Å². The Balaban J connectivity index is 2.76. The van der Waals surface area contributed by atoms with Gasteiger partial charge in [0.1, 0.15) is 0 Å². The van der Waals surface area contributed by atoms with Crippen molar-refractivity contribution < 1.29 is 4.39 Å². The van der Waals surface area contributed by atoms with E-state index in [1.807, 2.05) is 13.0 Å². The highest BCUT2D eigenvalue weighted by molar-refractivity contribution is 9.10. The number of benzene rings is 1. The summed E-state index contributed by atoms with van der Waals surface area (Å²) in [5, 5.41) is 0.979. The first-order valence-electron chi connectivity index (χ1n) is 3.95. The minimum absolute atomic E-state index is 0.199. The molecule has 0 atom stereocenters. The zero-order chi connectivity index (χ0) is 9.42. The van der Waals surface area contributed by atoms with Crippen LogP contribution in [-0.2, 0) is 6.42 Å². The Morgan fingerprint density at radius 3 is 3.00 bits per heavy atom. The highest BCUT2D eigenvalue weighted by Gasteiger charge is 2.09. The van der Waals surface area contributed by atoms with E-state index in [0.29, 0.717) is 9.17 Å². The standard InChI is InChI=1S/C9H7BrFNS/c1-2-7-12-6-4-3-5(10)8(11)9(6)13-7/h3-4H,2H2,1H3. The molecule has 0 aliphatic heterocycles. The second-order valence-electron chi connectivity index (χ2n) is 2.67. The van der Waals surface area contributed by atoms with Gasteiger partial charge in [-0.2, -0.15) is 0 Å². The summed E-state index contributed by atoms with van der Waals surface area (Å²) in [7, 11) is 0. The zero-order valence-corrected chi connectivity index (χ0v) is 9.38. The van der Waals surface area contributed by atoms with E-state index in [0.717, 1.165) is 16.9 Å². The first-order valence-corrected chi connectivity index (χ1v) is 5.56. The topological polar surface area (TPSA) is 12.9 Å². The minimum Gasteiger partial charge on any atom is -0.241 e. The van der Waals surface area contributed by atoms with Gasteiger partial charge >= 0.3 is 0 Å². The first kappa shape index (κ1) is 9.09. The summed E-state index contributed by atoms with van der Waals surface area (Å²) in [5.74, 6) is -0.199. The van der Waals surface area contributed by atoms with Crippen molar-refractivity contribution in [3.8, 4) is 0 Å². The normalized spacial score (nSPS) is 11.0. The first-order chi connectivity index (χ1) is 6.22. The smallest absolute Gasteiger partial charge is 0.156 e. The molecule has 1 nitrogen and oxygen atoms in total. The number of thiazole rings is 1. The molecule has 1 heterocycles. The molecule has 0 saturated carbocycles. The van der Waals surface area contributed by atoms with E-state index in [1.165, 1.54) is 11.3 Å². The van der Waals surface area contributed by atoms with Crippen LogP contribution in [0.2, 0.25) is 0 Å². The molecule has 0 amide bonds. The Labute approximate surface area is 87.7 Å². The van der Waals surface area contributed by atoms with Gasteiger partial charge in [0.25, 0.3) is 0 Å². The maximum Gasteiger partial charge on any atom is 0.156 e. The number of fused-ring (bicyclic) bond motifs is 1. The molecule has 4 heteroatoms. The van der Waals surface area contributed by atoms with Crippen molar-refractivity contribution in [3.63, 3.8) is 0 Å². The van der Waals surface area contributed by atoms with Crippen LogP contribution in [-0.4, -0.2) is 4.98 Å². The monoisotopic (exact) mass is 259 g/mol. The fourth-order valence-corrected chi connectivity index (χ4v) is 2.54. The lowest BCUT2D eigenvalue weighted by molar-refractivity contribution is 0.635. The third-order valence-electron chi connectivity index (χ3n) is 1.80. The maximum absolute atomic E-state index is 13.5. The van der Waals surface area contributed by atoms with Crippen molar-refractivity contribution >= 4 is 37.5 Å². The van der Waals surface area contributed by atoms with E-state index < -0.39 is 0 Å². The Kier molecular flexibility index (Phi) is 2.34. The van der Waals surface area contributed by atoms with Crippen LogP contribution in [0.4, 0.5) is 4.39 Å². The van der Waals surface area contributed by atoms with Crippen LogP contribution in [0.15, 0.2) is 16.6 Å². The van der Waals surface area contributed by atoms with E-state index in [4.69, 9.17) is 0 Å². The predicted molar refractivity (Wildman–Crippen MR) is 56.7 cm³/mol. The lowest BCUT2D eigenvalue weighted by atomic mass is 10.3. The van der Waals surface area contributed by atoms with E-state index in [-0.39, 0.29) is 5.82 Å². The fraction of sp³-hybridized carbons (Fsp3) is 0.222. The van der Waals surface area contributed by atoms with E-state index >= 15 is 0 Å². The van der Waals surface area contributed by atoms with Crippen molar-refractivity contribution in [2.24, 2.45) is 0 Å². The molecule has 0 bridgehead atoms. The number of halogens is 2. The van der Waals surface area contributed by atoms with Gasteiger partial charge in [-0.3, -0.25) is 0 Å². The van der Waals surface area contributed by atoms with Crippen molar-refractivity contribution in [1.82, 2.24) is 4.98 Å². The summed E-state index contributed by atoms with van der Waals surface area (Å²) in [6.45, 7) is 2.02. The second kappa shape index (κ2) is 3.35. The Bertz CT molecular complexity index is 452. The van der Waals surface area contributed by atoms with Gasteiger partial charge in [-0.1, -0.05) is 6.92 Å². The molecule has 0 aliphatic rings. The van der Waals surface area contributed by atoms with Crippen molar-refractivity contribution in [1.29, 1.82) is 0 Å². The molecule has 0 fully saturated rings. The van der Waals surface area contributed by atoms with E-state index in [1.54, 1.807) is 6.07 Å². The molecule has 0 saturated heterocycles. The second-order valence-corrected chi connectivity index (χ2v) is 4.61. The largest absolute Gasteiger partial charge is 0.241 e. The maximum atomic E-state index is 13.5. The van der Waals surface area contributed by atoms with Gasteiger partial charge in [-0.05, 0) is 34.5 Å². The lowest BCUT2D eigenvalue weighted by Gasteiger charge is -1.92. The average Bonchev–Trinajstić information content (AvgIpc) is 2.55. The highest BCUT2D eigenvalue weighted by atomic mass is 79.9. The average molecular weight is 260 g/mol. The van der Waals surface area contributed by atoms with Crippen LogP contribution in [0, 0.1) is 5.82 Å². The molecule has 1 aromatic heterocycles. The molecular weight excluding hydrogens is 253 g/mol. The van der Waals surface area contributed by atoms with Gasteiger partial charge in [-0.15, -0.1) is 11.3 Å². The number of aromatic nitrogens is 1. The Hall–Kier alpha value is -0.480. The zero-order valence-electron chi connectivity index (χ0n) is 6.97. The fourth-order valence-electron chi connectivity index (χ4n) is 1.13. The van der Waals surface area contributed by atoms with Gasteiger partial charge in [0.2, 0.25) is 0 Å². The number of nitrogens with zero attached hydrogens (tertiary/aromatic N) is 1. The number of hydrogen-bond donors (Lipinski definition) is 0. The van der Waals surface area contributed by atoms with Crippen LogP contribution in [0.5, 0.6) is 0 Å². The van der Waals surface area contributed by atoms with Gasteiger partial charge < -0.3 is 0 Å². The Morgan fingerprint density at radius 2 is 2.31 bits per heavy atom. The summed E-state index contributed by atoms with van der Waals surface area (Å²) in [5.41, 5.74) is 0.752.